The normalized spacial score (nSPS) is 20.6. The Morgan fingerprint density at radius 2 is 1.82 bits per heavy atom. The van der Waals surface area contributed by atoms with Gasteiger partial charge >= 0.3 is 18.2 Å². The number of piperazine rings is 1. The molecular weight excluding hydrogens is 574 g/mol. The minimum absolute atomic E-state index is 0.161. The third kappa shape index (κ3) is 8.34. The van der Waals surface area contributed by atoms with Crippen LogP contribution in [0.3, 0.4) is 0 Å². The molecule has 4 heterocycles. The summed E-state index contributed by atoms with van der Waals surface area (Å²) in [5.41, 5.74) is 1.99. The van der Waals surface area contributed by atoms with Crippen molar-refractivity contribution in [2.45, 2.75) is 83.7 Å². The number of rotatable bonds is 7. The van der Waals surface area contributed by atoms with Crippen LogP contribution in [0.1, 0.15) is 63.3 Å². The smallest absolute Gasteiger partial charge is 0.410 e. The number of nitriles is 1. The first kappa shape index (κ1) is 32.3. The SMILES string of the molecule is CN1CCC[C@H]1COc1nc2c(c(N3CCN(C(=O)OCc4ccccc4)[C@@H](CC#N)C3)n1)CCCN(C(=O)OC(C)(C)C)C2. The second kappa shape index (κ2) is 14.3. The molecule has 0 N–H and O–H groups in total. The van der Waals surface area contributed by atoms with Crippen molar-refractivity contribution in [2.24, 2.45) is 0 Å². The number of hydrogen-bond donors (Lipinski definition) is 0. The number of ether oxygens (including phenoxy) is 3. The van der Waals surface area contributed by atoms with Crippen molar-refractivity contribution in [3.8, 4) is 12.1 Å². The van der Waals surface area contributed by atoms with E-state index in [1.54, 1.807) is 9.80 Å². The number of carbonyl (C=O) groups is 2. The Hall–Kier alpha value is -4.11. The summed E-state index contributed by atoms with van der Waals surface area (Å²) in [5.74, 6) is 0.737. The maximum absolute atomic E-state index is 13.1. The van der Waals surface area contributed by atoms with E-state index in [1.807, 2.05) is 51.1 Å². The summed E-state index contributed by atoms with van der Waals surface area (Å²) in [5, 5.41) is 9.67. The Morgan fingerprint density at radius 1 is 1.02 bits per heavy atom. The third-order valence-electron chi connectivity index (χ3n) is 8.52. The van der Waals surface area contributed by atoms with Gasteiger partial charge in [-0.1, -0.05) is 30.3 Å². The topological polar surface area (TPSA) is 124 Å². The number of likely N-dealkylation sites (N-methyl/N-ethyl adjacent to an activating group) is 1. The van der Waals surface area contributed by atoms with Crippen LogP contribution < -0.4 is 9.64 Å². The first-order valence-electron chi connectivity index (χ1n) is 15.9. The second-order valence-electron chi connectivity index (χ2n) is 13.0. The zero-order valence-corrected chi connectivity index (χ0v) is 26.9. The number of aromatic nitrogens is 2. The molecule has 1 aromatic heterocycles. The highest BCUT2D eigenvalue weighted by Crippen LogP contribution is 2.31. The van der Waals surface area contributed by atoms with Crippen molar-refractivity contribution in [3.05, 3.63) is 47.2 Å². The molecule has 0 radical (unpaired) electrons. The monoisotopic (exact) mass is 619 g/mol. The molecule has 0 saturated carbocycles. The lowest BCUT2D eigenvalue weighted by atomic mass is 10.1. The van der Waals surface area contributed by atoms with Crippen molar-refractivity contribution in [1.82, 2.24) is 24.7 Å². The Kier molecular flexibility index (Phi) is 10.3. The maximum Gasteiger partial charge on any atom is 0.410 e. The van der Waals surface area contributed by atoms with Gasteiger partial charge in [-0.3, -0.25) is 0 Å². The van der Waals surface area contributed by atoms with Crippen LogP contribution in [0, 0.1) is 11.3 Å². The fourth-order valence-corrected chi connectivity index (χ4v) is 6.13. The van der Waals surface area contributed by atoms with Crippen LogP contribution >= 0.6 is 0 Å². The van der Waals surface area contributed by atoms with E-state index in [2.05, 4.69) is 22.9 Å². The van der Waals surface area contributed by atoms with Crippen molar-refractivity contribution in [1.29, 1.82) is 5.26 Å². The van der Waals surface area contributed by atoms with Crippen LogP contribution in [0.5, 0.6) is 6.01 Å². The zero-order chi connectivity index (χ0) is 32.0. The van der Waals surface area contributed by atoms with Gasteiger partial charge in [0.2, 0.25) is 0 Å². The molecule has 12 heteroatoms. The lowest BCUT2D eigenvalue weighted by Gasteiger charge is -2.41. The van der Waals surface area contributed by atoms with E-state index in [1.165, 1.54) is 0 Å². The number of amides is 2. The molecule has 2 aromatic rings. The molecule has 1 aromatic carbocycles. The Bertz CT molecular complexity index is 1380. The van der Waals surface area contributed by atoms with Crippen molar-refractivity contribution >= 4 is 18.0 Å². The Morgan fingerprint density at radius 3 is 2.53 bits per heavy atom. The maximum atomic E-state index is 13.1. The van der Waals surface area contributed by atoms with Crippen molar-refractivity contribution in [3.63, 3.8) is 0 Å². The van der Waals surface area contributed by atoms with Crippen LogP contribution in [0.15, 0.2) is 30.3 Å². The predicted molar refractivity (Wildman–Crippen MR) is 168 cm³/mol. The number of hydrogen-bond acceptors (Lipinski definition) is 10. The summed E-state index contributed by atoms with van der Waals surface area (Å²) in [7, 11) is 2.10. The molecule has 242 valence electrons. The standard InChI is InChI=1S/C33H45N7O5/c1-33(2,3)45-31(41)39-17-9-13-27-28(21-39)35-30(43-23-26-12-8-16-37(26)4)36-29(27)38-18-19-40(25(20-38)14-15-34)32(42)44-22-24-10-6-5-7-11-24/h5-7,10-11,25-26H,8-9,12-14,16-23H2,1-4H3/t25-,26-/m0/s1. The minimum Gasteiger partial charge on any atom is -0.462 e. The average molecular weight is 620 g/mol. The minimum atomic E-state index is -0.609. The number of likely N-dealkylation sites (tertiary alicyclic amines) is 1. The number of carbonyl (C=O) groups excluding carboxylic acids is 2. The number of nitrogens with zero attached hydrogens (tertiary/aromatic N) is 7. The van der Waals surface area contributed by atoms with Gasteiger partial charge in [0.15, 0.2) is 0 Å². The van der Waals surface area contributed by atoms with Crippen molar-refractivity contribution < 1.29 is 23.8 Å². The quantitative estimate of drug-likeness (QED) is 0.441. The van der Waals surface area contributed by atoms with Gasteiger partial charge in [-0.15, -0.1) is 0 Å². The molecule has 45 heavy (non-hydrogen) atoms. The highest BCUT2D eigenvalue weighted by Gasteiger charge is 2.35. The summed E-state index contributed by atoms with van der Waals surface area (Å²) in [6.45, 7) is 9.38. The molecule has 2 fully saturated rings. The molecule has 2 atom stereocenters. The molecule has 12 nitrogen and oxygen atoms in total. The lowest BCUT2D eigenvalue weighted by molar-refractivity contribution is 0.0234. The summed E-state index contributed by atoms with van der Waals surface area (Å²) in [6.07, 6.45) is 2.94. The van der Waals surface area contributed by atoms with E-state index in [4.69, 9.17) is 24.2 Å². The summed E-state index contributed by atoms with van der Waals surface area (Å²) < 4.78 is 17.5. The van der Waals surface area contributed by atoms with Gasteiger partial charge in [-0.2, -0.15) is 15.2 Å². The van der Waals surface area contributed by atoms with Gasteiger partial charge in [0.05, 0.1) is 30.8 Å². The first-order chi connectivity index (χ1) is 21.6. The van der Waals surface area contributed by atoms with Gasteiger partial charge in [0.25, 0.3) is 0 Å². The molecule has 3 aliphatic rings. The molecule has 0 spiro atoms. The van der Waals surface area contributed by atoms with E-state index in [0.29, 0.717) is 45.2 Å². The summed E-state index contributed by atoms with van der Waals surface area (Å²) >= 11 is 0. The van der Waals surface area contributed by atoms with E-state index < -0.39 is 11.7 Å². The van der Waals surface area contributed by atoms with Crippen LogP contribution in [0.4, 0.5) is 15.4 Å². The van der Waals surface area contributed by atoms with E-state index >= 15 is 0 Å². The molecule has 0 bridgehead atoms. The number of anilines is 1. The largest absolute Gasteiger partial charge is 0.462 e. The predicted octanol–water partition coefficient (Wildman–Crippen LogP) is 4.37. The molecule has 0 unspecified atom stereocenters. The number of fused-ring (bicyclic) bond motifs is 1. The van der Waals surface area contributed by atoms with Crippen LogP contribution in [-0.4, -0.2) is 101 Å². The first-order valence-corrected chi connectivity index (χ1v) is 15.9. The Labute approximate surface area is 265 Å². The molecule has 0 aliphatic carbocycles. The van der Waals surface area contributed by atoms with E-state index in [0.717, 1.165) is 48.4 Å². The number of benzene rings is 1. The fourth-order valence-electron chi connectivity index (χ4n) is 6.13. The van der Waals surface area contributed by atoms with Gasteiger partial charge in [0.1, 0.15) is 24.6 Å². The summed E-state index contributed by atoms with van der Waals surface area (Å²) in [6, 6.07) is 12.0. The summed E-state index contributed by atoms with van der Waals surface area (Å²) in [4.78, 5) is 43.7. The molecule has 3 aliphatic heterocycles. The third-order valence-corrected chi connectivity index (χ3v) is 8.52. The van der Waals surface area contributed by atoms with Gasteiger partial charge in [-0.05, 0) is 65.6 Å². The van der Waals surface area contributed by atoms with Crippen LogP contribution in [0.25, 0.3) is 0 Å². The highest BCUT2D eigenvalue weighted by atomic mass is 16.6. The molecule has 5 rings (SSSR count). The van der Waals surface area contributed by atoms with Crippen molar-refractivity contribution in [2.75, 3.05) is 51.3 Å². The molecular formula is C33H45N7O5. The zero-order valence-electron chi connectivity index (χ0n) is 26.9. The lowest BCUT2D eigenvalue weighted by Crippen LogP contribution is -2.55. The van der Waals surface area contributed by atoms with Gasteiger partial charge in [0, 0.05) is 37.8 Å². The van der Waals surface area contributed by atoms with Crippen LogP contribution in [0.2, 0.25) is 0 Å². The van der Waals surface area contributed by atoms with E-state index in [9.17, 15) is 14.9 Å². The van der Waals surface area contributed by atoms with Gasteiger partial charge in [-0.25, -0.2) is 9.59 Å². The van der Waals surface area contributed by atoms with E-state index in [-0.39, 0.29) is 37.7 Å². The second-order valence-corrected chi connectivity index (χ2v) is 13.0. The van der Waals surface area contributed by atoms with Gasteiger partial charge < -0.3 is 33.8 Å². The van der Waals surface area contributed by atoms with Crippen LogP contribution in [-0.2, 0) is 29.0 Å². The Balaban J connectivity index is 1.38. The average Bonchev–Trinajstić information content (AvgIpc) is 3.29. The fraction of sp³-hybridized carbons (Fsp3) is 0.606. The molecule has 2 saturated heterocycles. The molecule has 2 amide bonds. The highest BCUT2D eigenvalue weighted by molar-refractivity contribution is 5.69.